The number of ether oxygens (including phenoxy) is 2. The molecule has 0 aromatic heterocycles. The van der Waals surface area contributed by atoms with E-state index in [0.717, 1.165) is 5.56 Å². The van der Waals surface area contributed by atoms with Crippen LogP contribution in [0.3, 0.4) is 0 Å². The molecule has 0 aliphatic heterocycles. The van der Waals surface area contributed by atoms with Crippen molar-refractivity contribution in [2.24, 2.45) is 16.7 Å². The van der Waals surface area contributed by atoms with Crippen molar-refractivity contribution in [2.45, 2.75) is 99.4 Å². The number of nitrogens with one attached hydrogen (secondary N) is 2. The second-order valence-corrected chi connectivity index (χ2v) is 13.3. The average Bonchev–Trinajstić information content (AvgIpc) is 2.87. The lowest BCUT2D eigenvalue weighted by molar-refractivity contribution is -0.148. The van der Waals surface area contributed by atoms with Crippen LogP contribution in [0.4, 0.5) is 4.79 Å². The van der Waals surface area contributed by atoms with E-state index in [0.29, 0.717) is 17.6 Å². The number of hydrogen-bond donors (Lipinski definition) is 3. The summed E-state index contributed by atoms with van der Waals surface area (Å²) in [5.74, 6) is -1.39. The van der Waals surface area contributed by atoms with Gasteiger partial charge in [-0.1, -0.05) is 85.7 Å². The van der Waals surface area contributed by atoms with Gasteiger partial charge in [-0.15, -0.1) is 0 Å². The van der Waals surface area contributed by atoms with E-state index >= 15 is 0 Å². The molecule has 3 N–H and O–H groups in total. The van der Waals surface area contributed by atoms with Gasteiger partial charge in [0.05, 0.1) is 6.61 Å². The summed E-state index contributed by atoms with van der Waals surface area (Å²) in [4.78, 5) is 52.7. The number of rotatable bonds is 11. The van der Waals surface area contributed by atoms with Gasteiger partial charge in [0.2, 0.25) is 5.91 Å². The van der Waals surface area contributed by atoms with E-state index in [2.05, 4.69) is 10.6 Å². The zero-order valence-corrected chi connectivity index (χ0v) is 26.5. The van der Waals surface area contributed by atoms with Gasteiger partial charge < -0.3 is 25.2 Å². The molecule has 0 saturated carbocycles. The number of Topliss-reactive ketones (excluding diaryl/α,β-unsaturated/α-hetero) is 1. The van der Waals surface area contributed by atoms with Crippen LogP contribution in [0.5, 0.6) is 0 Å². The predicted molar refractivity (Wildman–Crippen MR) is 161 cm³/mol. The van der Waals surface area contributed by atoms with Crippen LogP contribution in [0, 0.1) is 16.7 Å². The lowest BCUT2D eigenvalue weighted by atomic mass is 9.69. The second kappa shape index (κ2) is 14.1. The molecule has 42 heavy (non-hydrogen) atoms. The van der Waals surface area contributed by atoms with Crippen LogP contribution >= 0.6 is 0 Å². The Morgan fingerprint density at radius 1 is 0.881 bits per heavy atom. The lowest BCUT2D eigenvalue weighted by Crippen LogP contribution is -2.55. The molecule has 0 radical (unpaired) electrons. The molecule has 2 atom stereocenters. The first kappa shape index (κ1) is 34.7. The Morgan fingerprint density at radius 3 is 1.90 bits per heavy atom. The molecule has 1 aromatic rings. The minimum atomic E-state index is -1.76. The highest BCUT2D eigenvalue weighted by Crippen LogP contribution is 2.41. The first-order chi connectivity index (χ1) is 19.4. The molecule has 232 valence electrons. The fourth-order valence-electron chi connectivity index (χ4n) is 4.69. The number of benzene rings is 1. The van der Waals surface area contributed by atoms with Gasteiger partial charge in [0.25, 0.3) is 0 Å². The van der Waals surface area contributed by atoms with E-state index in [1.54, 1.807) is 19.1 Å². The Labute approximate surface area is 250 Å². The van der Waals surface area contributed by atoms with Crippen molar-refractivity contribution < 1.29 is 33.8 Å². The van der Waals surface area contributed by atoms with Crippen LogP contribution in [0.15, 0.2) is 53.6 Å². The molecular weight excluding hydrogens is 536 g/mol. The monoisotopic (exact) mass is 584 g/mol. The van der Waals surface area contributed by atoms with Gasteiger partial charge in [0.15, 0.2) is 5.78 Å². The Bertz CT molecular complexity index is 1150. The van der Waals surface area contributed by atoms with E-state index in [9.17, 15) is 24.3 Å². The van der Waals surface area contributed by atoms with Gasteiger partial charge in [-0.05, 0) is 47.8 Å². The molecule has 1 aliphatic carbocycles. The quantitative estimate of drug-likeness (QED) is 0.311. The van der Waals surface area contributed by atoms with Crippen molar-refractivity contribution in [2.75, 3.05) is 6.61 Å². The predicted octanol–water partition coefficient (Wildman–Crippen LogP) is 5.02. The van der Waals surface area contributed by atoms with Crippen LogP contribution in [-0.4, -0.2) is 53.2 Å². The van der Waals surface area contributed by atoms with Crippen molar-refractivity contribution >= 4 is 23.8 Å². The summed E-state index contributed by atoms with van der Waals surface area (Å²) in [6.07, 6.45) is 2.09. The maximum Gasteiger partial charge on any atom is 0.408 e. The topological polar surface area (TPSA) is 131 Å². The molecule has 0 heterocycles. The van der Waals surface area contributed by atoms with Crippen molar-refractivity contribution in [1.82, 2.24) is 10.6 Å². The number of esters is 1. The minimum absolute atomic E-state index is 0.0271. The van der Waals surface area contributed by atoms with Crippen LogP contribution in [0.2, 0.25) is 0 Å². The number of amides is 2. The molecule has 1 aromatic carbocycles. The number of hydrogen-bond acceptors (Lipinski definition) is 7. The highest BCUT2D eigenvalue weighted by Gasteiger charge is 2.42. The maximum absolute atomic E-state index is 13.7. The Kier molecular flexibility index (Phi) is 11.7. The van der Waals surface area contributed by atoms with Crippen molar-refractivity contribution in [3.8, 4) is 0 Å². The van der Waals surface area contributed by atoms with Crippen molar-refractivity contribution in [3.05, 3.63) is 59.2 Å². The van der Waals surface area contributed by atoms with Gasteiger partial charge in [-0.2, -0.15) is 0 Å². The smallest absolute Gasteiger partial charge is 0.408 e. The van der Waals surface area contributed by atoms with Crippen LogP contribution < -0.4 is 10.6 Å². The Balaban J connectivity index is 2.46. The van der Waals surface area contributed by atoms with Gasteiger partial charge in [-0.3, -0.25) is 9.59 Å². The fraction of sp³-hybridized carbons (Fsp3) is 0.576. The maximum atomic E-state index is 13.7. The zero-order chi connectivity index (χ0) is 31.9. The lowest BCUT2D eigenvalue weighted by Gasteiger charge is -2.38. The minimum Gasteiger partial charge on any atom is -0.464 e. The van der Waals surface area contributed by atoms with E-state index in [1.165, 1.54) is 12.2 Å². The van der Waals surface area contributed by atoms with E-state index in [-0.39, 0.29) is 31.3 Å². The number of allylic oxidation sites excluding steroid dienone is 2. The standard InChI is InChI=1S/C33H48N2O7/c1-10-41-29(38)25(16-21(2)3)34-28(37)26(35-30(39)42-20-22-14-12-11-13-15-22)19-33(40)17-23(31(4,5)6)27(36)24(18-33)32(7,8)9/h11-15,17-18,21,25-26,40H,10,16,19-20H2,1-9H3,(H,34,37)(H,35,39)/t25-,26?/m0/s1. The first-order valence-corrected chi connectivity index (χ1v) is 14.5. The number of ketones is 1. The molecule has 2 rings (SSSR count). The summed E-state index contributed by atoms with van der Waals surface area (Å²) < 4.78 is 10.5. The normalized spacial score (nSPS) is 16.6. The largest absolute Gasteiger partial charge is 0.464 e. The number of carbonyl (C=O) groups excluding carboxylic acids is 4. The van der Waals surface area contributed by atoms with Crippen molar-refractivity contribution in [1.29, 1.82) is 0 Å². The Morgan fingerprint density at radius 2 is 1.43 bits per heavy atom. The van der Waals surface area contributed by atoms with Gasteiger partial charge in [0.1, 0.15) is 24.3 Å². The summed E-state index contributed by atoms with van der Waals surface area (Å²) in [6, 6.07) is 6.80. The molecule has 0 spiro atoms. The van der Waals surface area contributed by atoms with Crippen molar-refractivity contribution in [3.63, 3.8) is 0 Å². The summed E-state index contributed by atoms with van der Waals surface area (Å²) in [7, 11) is 0. The second-order valence-electron chi connectivity index (χ2n) is 13.3. The number of alkyl carbamates (subject to hydrolysis) is 1. The van der Waals surface area contributed by atoms with E-state index in [1.807, 2.05) is 73.6 Å². The molecular formula is C33H48N2O7. The number of carbonyl (C=O) groups is 4. The summed E-state index contributed by atoms with van der Waals surface area (Å²) in [5.41, 5.74) is -1.37. The molecule has 0 bridgehead atoms. The van der Waals surface area contributed by atoms with E-state index < -0.39 is 46.5 Å². The van der Waals surface area contributed by atoms with Gasteiger partial charge in [-0.25, -0.2) is 9.59 Å². The molecule has 9 heteroatoms. The molecule has 1 aliphatic rings. The molecule has 1 unspecified atom stereocenters. The first-order valence-electron chi connectivity index (χ1n) is 14.5. The molecule has 0 saturated heterocycles. The summed E-state index contributed by atoms with van der Waals surface area (Å²) in [5, 5.41) is 17.2. The van der Waals surface area contributed by atoms with Crippen LogP contribution in [0.25, 0.3) is 0 Å². The third-order valence-electron chi connectivity index (χ3n) is 6.84. The van der Waals surface area contributed by atoms with Gasteiger partial charge in [0, 0.05) is 17.6 Å². The third-order valence-corrected chi connectivity index (χ3v) is 6.84. The van der Waals surface area contributed by atoms with E-state index in [4.69, 9.17) is 9.47 Å². The average molecular weight is 585 g/mol. The molecule has 9 nitrogen and oxygen atoms in total. The summed E-state index contributed by atoms with van der Waals surface area (Å²) >= 11 is 0. The SMILES string of the molecule is CCOC(=O)[C@H](CC(C)C)NC(=O)C(CC1(O)C=C(C(C)(C)C)C(=O)C(C(C)(C)C)=C1)NC(=O)OCc1ccccc1. The zero-order valence-electron chi connectivity index (χ0n) is 26.5. The Hall–Kier alpha value is -3.46. The third kappa shape index (κ3) is 10.1. The summed E-state index contributed by atoms with van der Waals surface area (Å²) in [6.45, 7) is 16.9. The molecule has 2 amide bonds. The fourth-order valence-corrected chi connectivity index (χ4v) is 4.69. The molecule has 0 fully saturated rings. The van der Waals surface area contributed by atoms with Crippen LogP contribution in [-0.2, 0) is 30.5 Å². The van der Waals surface area contributed by atoms with Crippen LogP contribution in [0.1, 0.15) is 80.7 Å². The number of aliphatic hydroxyl groups is 1. The highest BCUT2D eigenvalue weighted by molar-refractivity contribution is 6.11. The van der Waals surface area contributed by atoms with Gasteiger partial charge >= 0.3 is 12.1 Å². The highest BCUT2D eigenvalue weighted by atomic mass is 16.5.